The minimum absolute atomic E-state index is 0.189. The molecule has 1 atom stereocenters. The van der Waals surface area contributed by atoms with E-state index >= 15 is 0 Å². The molecule has 1 N–H and O–H groups in total. The second kappa shape index (κ2) is 4.96. The number of hydrogen-bond acceptors (Lipinski definition) is 4. The minimum Gasteiger partial charge on any atom is -0.361 e. The van der Waals surface area contributed by atoms with Crippen LogP contribution in [0.25, 0.3) is 0 Å². The van der Waals surface area contributed by atoms with Crippen LogP contribution < -0.4 is 4.72 Å². The second-order valence-electron chi connectivity index (χ2n) is 3.36. The molecule has 1 aromatic rings. The first-order valence-corrected chi connectivity index (χ1v) is 6.60. The van der Waals surface area contributed by atoms with Crippen LogP contribution in [0.15, 0.2) is 10.6 Å². The van der Waals surface area contributed by atoms with Gasteiger partial charge in [-0.2, -0.15) is 0 Å². The Labute approximate surface area is 93.8 Å². The van der Waals surface area contributed by atoms with Crippen molar-refractivity contribution in [2.45, 2.75) is 25.6 Å². The lowest BCUT2D eigenvalue weighted by atomic mass is 10.4. The van der Waals surface area contributed by atoms with E-state index in [0.29, 0.717) is 11.5 Å². The lowest BCUT2D eigenvalue weighted by Crippen LogP contribution is -2.34. The van der Waals surface area contributed by atoms with E-state index in [1.165, 1.54) is 0 Å². The molecule has 0 aromatic carbocycles. The molecule has 1 unspecified atom stereocenters. The van der Waals surface area contributed by atoms with Crippen LogP contribution in [0.5, 0.6) is 0 Å². The summed E-state index contributed by atoms with van der Waals surface area (Å²) >= 11 is 5.50. The lowest BCUT2D eigenvalue weighted by Gasteiger charge is -2.09. The lowest BCUT2D eigenvalue weighted by molar-refractivity contribution is 0.392. The highest BCUT2D eigenvalue weighted by atomic mass is 35.5. The molecule has 0 spiro atoms. The summed E-state index contributed by atoms with van der Waals surface area (Å²) in [6.45, 7) is 3.40. The van der Waals surface area contributed by atoms with Crippen LogP contribution in [0.1, 0.15) is 18.4 Å². The van der Waals surface area contributed by atoms with Gasteiger partial charge in [-0.15, -0.1) is 11.6 Å². The first kappa shape index (κ1) is 12.5. The molecule has 0 bridgehead atoms. The summed E-state index contributed by atoms with van der Waals surface area (Å²) in [7, 11) is -3.39. The maximum Gasteiger partial charge on any atom is 0.217 e. The quantitative estimate of drug-likeness (QED) is 0.795. The number of nitrogens with zero attached hydrogens (tertiary/aromatic N) is 1. The summed E-state index contributed by atoms with van der Waals surface area (Å²) in [6.07, 6.45) is 0. The van der Waals surface area contributed by atoms with Gasteiger partial charge in [0.1, 0.15) is 17.2 Å². The zero-order valence-electron chi connectivity index (χ0n) is 8.53. The zero-order chi connectivity index (χ0) is 11.5. The molecule has 15 heavy (non-hydrogen) atoms. The van der Waals surface area contributed by atoms with Crippen molar-refractivity contribution >= 4 is 21.6 Å². The average molecular weight is 253 g/mol. The van der Waals surface area contributed by atoms with Crippen molar-refractivity contribution in [3.8, 4) is 0 Å². The smallest absolute Gasteiger partial charge is 0.217 e. The van der Waals surface area contributed by atoms with Gasteiger partial charge >= 0.3 is 0 Å². The molecule has 86 valence electrons. The normalized spacial score (nSPS) is 14.1. The van der Waals surface area contributed by atoms with Crippen molar-refractivity contribution in [1.82, 2.24) is 9.88 Å². The first-order chi connectivity index (χ1) is 6.93. The topological polar surface area (TPSA) is 72.2 Å². The van der Waals surface area contributed by atoms with Crippen molar-refractivity contribution in [3.05, 3.63) is 17.5 Å². The van der Waals surface area contributed by atoms with Gasteiger partial charge in [0.15, 0.2) is 0 Å². The van der Waals surface area contributed by atoms with Crippen LogP contribution in [-0.2, 0) is 15.8 Å². The van der Waals surface area contributed by atoms with Crippen LogP contribution in [0.2, 0.25) is 0 Å². The molecular formula is C8H13ClN2O3S. The molecule has 0 fully saturated rings. The van der Waals surface area contributed by atoms with Gasteiger partial charge in [-0.3, -0.25) is 0 Å². The van der Waals surface area contributed by atoms with E-state index in [9.17, 15) is 8.42 Å². The summed E-state index contributed by atoms with van der Waals surface area (Å²) < 4.78 is 30.2. The van der Waals surface area contributed by atoms with E-state index in [1.54, 1.807) is 19.9 Å². The third-order valence-electron chi connectivity index (χ3n) is 1.63. The van der Waals surface area contributed by atoms with Crippen molar-refractivity contribution in [2.24, 2.45) is 0 Å². The van der Waals surface area contributed by atoms with E-state index in [-0.39, 0.29) is 17.7 Å². The monoisotopic (exact) mass is 252 g/mol. The van der Waals surface area contributed by atoms with Gasteiger partial charge < -0.3 is 4.52 Å². The zero-order valence-corrected chi connectivity index (χ0v) is 10.1. The standard InChI is InChI=1S/C8H13ClN2O3S/c1-6(4-9)11-15(12,13)5-8-3-7(2)14-10-8/h3,6,11H,4-5H2,1-2H3. The number of hydrogen-bond donors (Lipinski definition) is 1. The number of nitrogens with one attached hydrogen (secondary N) is 1. The fourth-order valence-electron chi connectivity index (χ4n) is 1.06. The summed E-state index contributed by atoms with van der Waals surface area (Å²) in [6, 6.07) is 1.30. The Bertz CT molecular complexity index is 415. The summed E-state index contributed by atoms with van der Waals surface area (Å²) in [5.74, 6) is 0.633. The summed E-state index contributed by atoms with van der Waals surface area (Å²) in [5.41, 5.74) is 0.391. The maximum absolute atomic E-state index is 11.5. The Morgan fingerprint density at radius 2 is 2.33 bits per heavy atom. The van der Waals surface area contributed by atoms with Crippen LogP contribution in [0.3, 0.4) is 0 Å². The molecule has 5 nitrogen and oxygen atoms in total. The Balaban J connectivity index is 2.64. The van der Waals surface area contributed by atoms with E-state index < -0.39 is 10.0 Å². The molecule has 0 radical (unpaired) electrons. The van der Waals surface area contributed by atoms with E-state index in [4.69, 9.17) is 16.1 Å². The summed E-state index contributed by atoms with van der Waals surface area (Å²) in [5, 5.41) is 3.61. The third-order valence-corrected chi connectivity index (χ3v) is 3.53. The molecule has 1 aromatic heterocycles. The largest absolute Gasteiger partial charge is 0.361 e. The predicted octanol–water partition coefficient (Wildman–Crippen LogP) is 1.03. The summed E-state index contributed by atoms with van der Waals surface area (Å²) in [4.78, 5) is 0. The molecule has 7 heteroatoms. The fourth-order valence-corrected chi connectivity index (χ4v) is 2.53. The number of aromatic nitrogens is 1. The van der Waals surface area contributed by atoms with E-state index in [2.05, 4.69) is 9.88 Å². The Morgan fingerprint density at radius 3 is 2.80 bits per heavy atom. The van der Waals surface area contributed by atoms with Gasteiger partial charge in [-0.25, -0.2) is 13.1 Å². The Hall–Kier alpha value is -0.590. The fraction of sp³-hybridized carbons (Fsp3) is 0.625. The van der Waals surface area contributed by atoms with Crippen molar-refractivity contribution in [3.63, 3.8) is 0 Å². The SMILES string of the molecule is Cc1cc(CS(=O)(=O)NC(C)CCl)no1. The van der Waals surface area contributed by atoms with Crippen molar-refractivity contribution < 1.29 is 12.9 Å². The second-order valence-corrected chi connectivity index (χ2v) is 5.42. The molecule has 0 aliphatic rings. The number of halogens is 1. The van der Waals surface area contributed by atoms with Gasteiger partial charge in [0.05, 0.1) is 0 Å². The molecule has 0 aliphatic carbocycles. The average Bonchev–Trinajstić information content (AvgIpc) is 2.49. The van der Waals surface area contributed by atoms with Crippen LogP contribution in [-0.4, -0.2) is 25.5 Å². The van der Waals surface area contributed by atoms with E-state index in [1.807, 2.05) is 0 Å². The van der Waals surface area contributed by atoms with Gasteiger partial charge in [0.25, 0.3) is 0 Å². The predicted molar refractivity (Wildman–Crippen MR) is 57.2 cm³/mol. The Kier molecular flexibility index (Phi) is 4.12. The molecular weight excluding hydrogens is 240 g/mol. The van der Waals surface area contributed by atoms with Gasteiger partial charge in [-0.1, -0.05) is 5.16 Å². The molecule has 1 heterocycles. The number of sulfonamides is 1. The molecule has 0 saturated carbocycles. The van der Waals surface area contributed by atoms with E-state index in [0.717, 1.165) is 0 Å². The van der Waals surface area contributed by atoms with Crippen molar-refractivity contribution in [2.75, 3.05) is 5.88 Å². The highest BCUT2D eigenvalue weighted by Crippen LogP contribution is 2.06. The molecule has 0 amide bonds. The number of alkyl halides is 1. The number of aryl methyl sites for hydroxylation is 1. The number of rotatable bonds is 5. The van der Waals surface area contributed by atoms with Gasteiger partial charge in [-0.05, 0) is 13.8 Å². The van der Waals surface area contributed by atoms with Gasteiger partial charge in [0, 0.05) is 18.0 Å². The van der Waals surface area contributed by atoms with Crippen molar-refractivity contribution in [1.29, 1.82) is 0 Å². The molecule has 0 aliphatic heterocycles. The first-order valence-electron chi connectivity index (χ1n) is 4.41. The van der Waals surface area contributed by atoms with Crippen LogP contribution >= 0.6 is 11.6 Å². The molecule has 1 rings (SSSR count). The third kappa shape index (κ3) is 4.19. The van der Waals surface area contributed by atoms with Crippen LogP contribution in [0.4, 0.5) is 0 Å². The molecule has 0 saturated heterocycles. The highest BCUT2D eigenvalue weighted by Gasteiger charge is 2.16. The van der Waals surface area contributed by atoms with Gasteiger partial charge in [0.2, 0.25) is 10.0 Å². The maximum atomic E-state index is 11.5. The highest BCUT2D eigenvalue weighted by molar-refractivity contribution is 7.88. The Morgan fingerprint density at radius 1 is 1.67 bits per heavy atom. The van der Waals surface area contributed by atoms with Crippen LogP contribution in [0, 0.1) is 6.92 Å². The minimum atomic E-state index is -3.39.